The first kappa shape index (κ1) is 25.1. The van der Waals surface area contributed by atoms with Gasteiger partial charge in [-0.05, 0) is 45.9 Å². The fourth-order valence-electron chi connectivity index (χ4n) is 3.81. The first-order valence-electron chi connectivity index (χ1n) is 11.6. The summed E-state index contributed by atoms with van der Waals surface area (Å²) < 4.78 is 10.8. The van der Waals surface area contributed by atoms with Crippen LogP contribution in [0.15, 0.2) is 58.4 Å². The van der Waals surface area contributed by atoms with Crippen molar-refractivity contribution in [3.8, 4) is 0 Å². The number of carbonyl (C=O) groups excluding carboxylic acids is 1. The molecule has 4 rings (SSSR count). The van der Waals surface area contributed by atoms with Gasteiger partial charge in [0.05, 0.1) is 12.2 Å². The first-order valence-corrected chi connectivity index (χ1v) is 13.2. The van der Waals surface area contributed by atoms with Crippen LogP contribution in [0.3, 0.4) is 0 Å². The molecule has 9 heteroatoms. The Balaban J connectivity index is 1.66. The number of ether oxygens (including phenoxy) is 1. The van der Waals surface area contributed by atoms with Crippen molar-refractivity contribution in [2.75, 3.05) is 18.5 Å². The summed E-state index contributed by atoms with van der Waals surface area (Å²) in [5, 5.41) is 3.77. The second-order valence-corrected chi connectivity index (χ2v) is 11.2. The van der Waals surface area contributed by atoms with E-state index in [0.29, 0.717) is 19.6 Å². The summed E-state index contributed by atoms with van der Waals surface area (Å²) in [6.45, 7) is 9.10. The Hall–Kier alpha value is -3.04. The Labute approximate surface area is 213 Å². The van der Waals surface area contributed by atoms with Crippen molar-refractivity contribution in [3.63, 3.8) is 0 Å². The molecule has 3 aromatic rings. The summed E-state index contributed by atoms with van der Waals surface area (Å²) in [4.78, 5) is 28.6. The quantitative estimate of drug-likeness (QED) is 0.534. The third kappa shape index (κ3) is 5.62. The molecule has 1 aromatic carbocycles. The van der Waals surface area contributed by atoms with Crippen molar-refractivity contribution < 1.29 is 14.1 Å². The van der Waals surface area contributed by atoms with Crippen LogP contribution in [-0.2, 0) is 17.8 Å². The van der Waals surface area contributed by atoms with E-state index in [1.54, 1.807) is 11.8 Å². The van der Waals surface area contributed by atoms with Crippen LogP contribution in [0.5, 0.6) is 0 Å². The van der Waals surface area contributed by atoms with Crippen molar-refractivity contribution in [3.05, 3.63) is 73.9 Å². The summed E-state index contributed by atoms with van der Waals surface area (Å²) in [7, 11) is 2.01. The van der Waals surface area contributed by atoms with Crippen LogP contribution >= 0.6 is 23.1 Å². The predicted molar refractivity (Wildman–Crippen MR) is 142 cm³/mol. The molecule has 1 aliphatic heterocycles. The molecule has 1 amide bonds. The molecule has 0 bridgehead atoms. The maximum absolute atomic E-state index is 13.4. The number of carbonyl (C=O) groups is 1. The van der Waals surface area contributed by atoms with Crippen molar-refractivity contribution in [2.45, 2.75) is 51.3 Å². The zero-order chi connectivity index (χ0) is 25.2. The zero-order valence-corrected chi connectivity index (χ0v) is 22.3. The van der Waals surface area contributed by atoms with Gasteiger partial charge in [0.15, 0.2) is 12.7 Å². The normalized spacial score (nSPS) is 15.3. The van der Waals surface area contributed by atoms with Crippen molar-refractivity contribution in [1.82, 2.24) is 9.88 Å². The number of thioether (sulfide) groups is 1. The monoisotopic (exact) mass is 511 g/mol. The van der Waals surface area contributed by atoms with Crippen molar-refractivity contribution in [1.29, 1.82) is 0 Å². The van der Waals surface area contributed by atoms with Crippen LogP contribution in [0.2, 0.25) is 0 Å². The Kier molecular flexibility index (Phi) is 7.37. The summed E-state index contributed by atoms with van der Waals surface area (Å²) in [6.07, 6.45) is 3.58. The number of hydrogen-bond donors (Lipinski definition) is 1. The summed E-state index contributed by atoms with van der Waals surface area (Å²) in [5.74, 6) is 0. The topological polar surface area (TPSA) is 67.5 Å². The molecule has 0 unspecified atom stereocenters. The average molecular weight is 512 g/mol. The van der Waals surface area contributed by atoms with Crippen molar-refractivity contribution >= 4 is 46.0 Å². The lowest BCUT2D eigenvalue weighted by atomic mass is 10.2. The molecule has 35 heavy (non-hydrogen) atoms. The molecule has 7 nitrogen and oxygen atoms in total. The molecule has 1 N–H and O–H groups in total. The predicted octanol–water partition coefficient (Wildman–Crippen LogP) is 2.88. The molecule has 0 radical (unpaired) electrons. The third-order valence-electron chi connectivity index (χ3n) is 5.43. The summed E-state index contributed by atoms with van der Waals surface area (Å²) >= 11 is 3.15. The number of nitrogens with zero attached hydrogens (tertiary/aromatic N) is 3. The fraction of sp³-hybridized carbons (Fsp3) is 0.346. The highest BCUT2D eigenvalue weighted by Gasteiger charge is 2.24. The molecular formula is C26H31N4O3S2+. The number of para-hydroxylation sites is 1. The summed E-state index contributed by atoms with van der Waals surface area (Å²) in [5.41, 5.74) is 1.57. The largest absolute Gasteiger partial charge is 0.444 e. The van der Waals surface area contributed by atoms with Crippen LogP contribution in [0.1, 0.15) is 33.4 Å². The minimum Gasteiger partial charge on any atom is -0.444 e. The van der Waals surface area contributed by atoms with E-state index in [-0.39, 0.29) is 5.56 Å². The number of alkyl carbamates (subject to hydrolysis) is 1. The number of fused-ring (bicyclic) bond motifs is 1. The highest BCUT2D eigenvalue weighted by atomic mass is 32.2. The minimum absolute atomic E-state index is 0.0278. The molecule has 0 aliphatic carbocycles. The first-order chi connectivity index (χ1) is 16.7. The molecule has 2 aromatic heterocycles. The van der Waals surface area contributed by atoms with E-state index in [4.69, 9.17) is 4.74 Å². The van der Waals surface area contributed by atoms with Gasteiger partial charge in [-0.15, -0.1) is 11.3 Å². The molecule has 3 heterocycles. The lowest BCUT2D eigenvalue weighted by Gasteiger charge is -2.19. The smallest absolute Gasteiger partial charge is 0.407 e. The van der Waals surface area contributed by atoms with E-state index >= 15 is 0 Å². The Morgan fingerprint density at radius 2 is 1.91 bits per heavy atom. The number of rotatable bonds is 5. The van der Waals surface area contributed by atoms with E-state index in [0.717, 1.165) is 30.5 Å². The second-order valence-electron chi connectivity index (χ2n) is 9.14. The molecule has 0 saturated carbocycles. The highest BCUT2D eigenvalue weighted by molar-refractivity contribution is 8.08. The van der Waals surface area contributed by atoms with E-state index in [9.17, 15) is 9.59 Å². The summed E-state index contributed by atoms with van der Waals surface area (Å²) in [6, 6.07) is 14.1. The van der Waals surface area contributed by atoms with Crippen LogP contribution in [0.25, 0.3) is 11.1 Å². The second kappa shape index (κ2) is 10.3. The fourth-order valence-corrected chi connectivity index (χ4v) is 6.27. The van der Waals surface area contributed by atoms with Gasteiger partial charge in [0.25, 0.3) is 5.56 Å². The maximum atomic E-state index is 13.4. The third-order valence-corrected chi connectivity index (χ3v) is 7.91. The Morgan fingerprint density at radius 1 is 1.17 bits per heavy atom. The average Bonchev–Trinajstić information content (AvgIpc) is 3.29. The van der Waals surface area contributed by atoms with E-state index in [1.807, 2.05) is 81.9 Å². The number of pyridine rings is 1. The Bertz CT molecular complexity index is 1420. The minimum atomic E-state index is -0.533. The van der Waals surface area contributed by atoms with E-state index in [1.165, 1.54) is 11.3 Å². The number of amides is 1. The SMILES string of the molecule is CCn1c(=O)/c(=C2\Sc3ccccc3N2C)s/c1=C\c1cccc[n+]1CCNC(=O)OC(C)(C)C. The van der Waals surface area contributed by atoms with Gasteiger partial charge in [0.2, 0.25) is 5.69 Å². The van der Waals surface area contributed by atoms with Crippen LogP contribution in [0, 0.1) is 0 Å². The van der Waals surface area contributed by atoms with Gasteiger partial charge in [0.1, 0.15) is 19.8 Å². The van der Waals surface area contributed by atoms with Gasteiger partial charge in [-0.2, -0.15) is 4.57 Å². The van der Waals surface area contributed by atoms with E-state index in [2.05, 4.69) is 26.9 Å². The van der Waals surface area contributed by atoms with Crippen molar-refractivity contribution in [2.24, 2.45) is 0 Å². The standard InChI is InChI=1S/C26H30N4O3S2/c1-6-30-21(35-22(23(30)31)24-28(5)19-12-7-8-13-20(19)34-24)17-18-11-9-10-15-29(18)16-14-27-25(32)33-26(2,3)4/h7-13,15,17H,6,14,16H2,1-5H3/p+1/b24-22+. The zero-order valence-electron chi connectivity index (χ0n) is 20.7. The lowest BCUT2D eigenvalue weighted by Crippen LogP contribution is -2.44. The van der Waals surface area contributed by atoms with Gasteiger partial charge in [0, 0.05) is 36.7 Å². The number of benzene rings is 1. The van der Waals surface area contributed by atoms with Gasteiger partial charge < -0.3 is 15.0 Å². The van der Waals surface area contributed by atoms with Crippen LogP contribution in [0.4, 0.5) is 10.5 Å². The number of anilines is 1. The lowest BCUT2D eigenvalue weighted by molar-refractivity contribution is -0.696. The van der Waals surface area contributed by atoms with Crippen LogP contribution in [-0.4, -0.2) is 29.9 Å². The molecule has 0 saturated heterocycles. The molecule has 0 atom stereocenters. The van der Waals surface area contributed by atoms with Gasteiger partial charge in [-0.1, -0.05) is 23.9 Å². The molecule has 1 aliphatic rings. The van der Waals surface area contributed by atoms with Crippen LogP contribution < -0.4 is 29.5 Å². The van der Waals surface area contributed by atoms with Gasteiger partial charge >= 0.3 is 6.09 Å². The van der Waals surface area contributed by atoms with E-state index < -0.39 is 11.7 Å². The molecular weight excluding hydrogens is 480 g/mol. The Morgan fingerprint density at radius 3 is 2.63 bits per heavy atom. The number of aromatic nitrogens is 2. The van der Waals surface area contributed by atoms with Gasteiger partial charge in [-0.3, -0.25) is 9.36 Å². The molecule has 0 fully saturated rings. The maximum Gasteiger partial charge on any atom is 0.407 e. The highest BCUT2D eigenvalue weighted by Crippen LogP contribution is 2.44. The number of hydrogen-bond acceptors (Lipinski definition) is 6. The number of thiazole rings is 1. The molecule has 0 spiro atoms. The molecule has 184 valence electrons. The number of nitrogens with one attached hydrogen (secondary N) is 1. The van der Waals surface area contributed by atoms with Gasteiger partial charge in [-0.25, -0.2) is 4.79 Å².